The Bertz CT molecular complexity index is 809. The van der Waals surface area contributed by atoms with Crippen LogP contribution in [0.5, 0.6) is 0 Å². The average Bonchev–Trinajstić information content (AvgIpc) is 2.61. The van der Waals surface area contributed by atoms with Gasteiger partial charge in [-0.25, -0.2) is 4.98 Å². The summed E-state index contributed by atoms with van der Waals surface area (Å²) in [4.78, 5) is 30.9. The van der Waals surface area contributed by atoms with Crippen LogP contribution in [0.3, 0.4) is 0 Å². The SMILES string of the molecule is C#CC1=C(N2CCC(C)(OC)CC2)c2nc(C(C)=O)ccc2CC1=O. The lowest BCUT2D eigenvalue weighted by molar-refractivity contribution is -0.114. The predicted octanol–water partition coefficient (Wildman–Crippen LogP) is 2.25. The number of pyridine rings is 1. The molecule has 5 nitrogen and oxygen atoms in total. The summed E-state index contributed by atoms with van der Waals surface area (Å²) in [5.74, 6) is 2.39. The van der Waals surface area contributed by atoms with Gasteiger partial charge < -0.3 is 9.64 Å². The van der Waals surface area contributed by atoms with E-state index in [4.69, 9.17) is 11.2 Å². The van der Waals surface area contributed by atoms with Crippen molar-refractivity contribution >= 4 is 17.3 Å². The Labute approximate surface area is 148 Å². The third kappa shape index (κ3) is 3.10. The molecule has 1 fully saturated rings. The van der Waals surface area contributed by atoms with E-state index in [9.17, 15) is 9.59 Å². The average molecular weight is 338 g/mol. The summed E-state index contributed by atoms with van der Waals surface area (Å²) >= 11 is 0. The Morgan fingerprint density at radius 1 is 1.36 bits per heavy atom. The van der Waals surface area contributed by atoms with Crippen molar-refractivity contribution in [3.05, 3.63) is 34.7 Å². The van der Waals surface area contributed by atoms with Gasteiger partial charge in [0.05, 0.1) is 22.6 Å². The molecule has 0 unspecified atom stereocenters. The minimum Gasteiger partial charge on any atom is -0.378 e. The van der Waals surface area contributed by atoms with Gasteiger partial charge in [0.25, 0.3) is 0 Å². The highest BCUT2D eigenvalue weighted by Gasteiger charge is 2.35. The van der Waals surface area contributed by atoms with Crippen LogP contribution in [-0.2, 0) is 16.0 Å². The van der Waals surface area contributed by atoms with Crippen LogP contribution < -0.4 is 0 Å². The monoisotopic (exact) mass is 338 g/mol. The number of hydrogen-bond acceptors (Lipinski definition) is 5. The molecule has 25 heavy (non-hydrogen) atoms. The first kappa shape index (κ1) is 17.4. The molecular formula is C20H22N2O3. The number of fused-ring (bicyclic) bond motifs is 1. The minimum absolute atomic E-state index is 0.0672. The van der Waals surface area contributed by atoms with Gasteiger partial charge in [0.15, 0.2) is 11.6 Å². The van der Waals surface area contributed by atoms with Crippen LogP contribution in [0.15, 0.2) is 17.7 Å². The molecule has 0 aromatic carbocycles. The molecular weight excluding hydrogens is 316 g/mol. The number of rotatable bonds is 3. The van der Waals surface area contributed by atoms with Crippen molar-refractivity contribution in [1.29, 1.82) is 0 Å². The van der Waals surface area contributed by atoms with Gasteiger partial charge in [-0.15, -0.1) is 6.42 Å². The number of carbonyl (C=O) groups excluding carboxylic acids is 2. The van der Waals surface area contributed by atoms with Crippen LogP contribution in [0.2, 0.25) is 0 Å². The highest BCUT2D eigenvalue weighted by molar-refractivity contribution is 6.10. The molecule has 0 saturated carbocycles. The lowest BCUT2D eigenvalue weighted by atomic mass is 9.88. The van der Waals surface area contributed by atoms with Crippen LogP contribution >= 0.6 is 0 Å². The summed E-state index contributed by atoms with van der Waals surface area (Å²) in [5, 5.41) is 0. The number of hydrogen-bond donors (Lipinski definition) is 0. The zero-order valence-electron chi connectivity index (χ0n) is 14.9. The molecule has 1 aliphatic carbocycles. The van der Waals surface area contributed by atoms with Crippen LogP contribution in [-0.4, -0.2) is 47.3 Å². The van der Waals surface area contributed by atoms with E-state index in [1.807, 2.05) is 6.07 Å². The first-order valence-corrected chi connectivity index (χ1v) is 8.44. The first-order chi connectivity index (χ1) is 11.9. The van der Waals surface area contributed by atoms with E-state index >= 15 is 0 Å². The third-order valence-electron chi connectivity index (χ3n) is 5.20. The fourth-order valence-electron chi connectivity index (χ4n) is 3.41. The number of nitrogens with zero attached hydrogens (tertiary/aromatic N) is 2. The molecule has 0 bridgehead atoms. The van der Waals surface area contributed by atoms with Crippen LogP contribution in [0.25, 0.3) is 5.70 Å². The highest BCUT2D eigenvalue weighted by Crippen LogP contribution is 2.35. The zero-order valence-corrected chi connectivity index (χ0v) is 14.9. The van der Waals surface area contributed by atoms with Crippen molar-refractivity contribution in [2.24, 2.45) is 0 Å². The second kappa shape index (κ2) is 6.45. The third-order valence-corrected chi connectivity index (χ3v) is 5.20. The van der Waals surface area contributed by atoms with E-state index in [0.29, 0.717) is 22.7 Å². The molecule has 1 aliphatic heterocycles. The number of likely N-dealkylation sites (tertiary alicyclic amines) is 1. The van der Waals surface area contributed by atoms with Crippen LogP contribution in [0, 0.1) is 12.3 Å². The Hall–Kier alpha value is -2.45. The van der Waals surface area contributed by atoms with Gasteiger partial charge in [0.1, 0.15) is 5.69 Å². The van der Waals surface area contributed by atoms with Gasteiger partial charge >= 0.3 is 0 Å². The molecule has 5 heteroatoms. The Morgan fingerprint density at radius 2 is 2.04 bits per heavy atom. The van der Waals surface area contributed by atoms with Crippen molar-refractivity contribution < 1.29 is 14.3 Å². The minimum atomic E-state index is -0.163. The largest absolute Gasteiger partial charge is 0.378 e. The number of allylic oxidation sites excluding steroid dienone is 1. The van der Waals surface area contributed by atoms with Crippen LogP contribution in [0.4, 0.5) is 0 Å². The number of aromatic nitrogens is 1. The van der Waals surface area contributed by atoms with E-state index in [1.54, 1.807) is 13.2 Å². The van der Waals surface area contributed by atoms with Gasteiger partial charge in [0.2, 0.25) is 0 Å². The van der Waals surface area contributed by atoms with E-state index < -0.39 is 0 Å². The zero-order chi connectivity index (χ0) is 18.2. The summed E-state index contributed by atoms with van der Waals surface area (Å²) in [6, 6.07) is 3.48. The van der Waals surface area contributed by atoms with Gasteiger partial charge in [-0.1, -0.05) is 12.0 Å². The number of Topliss-reactive ketones (excluding diaryl/α,β-unsaturated/α-hetero) is 2. The molecule has 0 radical (unpaired) electrons. The Kier molecular flexibility index (Phi) is 4.49. The van der Waals surface area contributed by atoms with E-state index in [0.717, 1.165) is 31.5 Å². The number of ketones is 2. The predicted molar refractivity (Wildman–Crippen MR) is 94.9 cm³/mol. The van der Waals surface area contributed by atoms with Gasteiger partial charge in [-0.05, 0) is 31.4 Å². The molecule has 1 aromatic rings. The fraction of sp³-hybridized carbons (Fsp3) is 0.450. The second-order valence-electron chi connectivity index (χ2n) is 6.87. The number of piperidine rings is 1. The summed E-state index contributed by atoms with van der Waals surface area (Å²) in [6.07, 6.45) is 7.55. The quantitative estimate of drug-likeness (QED) is 0.625. The van der Waals surface area contributed by atoms with E-state index in [1.165, 1.54) is 6.92 Å². The highest BCUT2D eigenvalue weighted by atomic mass is 16.5. The smallest absolute Gasteiger partial charge is 0.178 e. The number of ether oxygens (including phenoxy) is 1. The molecule has 2 aliphatic rings. The van der Waals surface area contributed by atoms with Crippen molar-refractivity contribution in [3.63, 3.8) is 0 Å². The molecule has 1 saturated heterocycles. The number of carbonyl (C=O) groups is 2. The molecule has 0 N–H and O–H groups in total. The van der Waals surface area contributed by atoms with Gasteiger partial charge in [-0.3, -0.25) is 9.59 Å². The number of terminal acetylenes is 1. The van der Waals surface area contributed by atoms with Gasteiger partial charge in [-0.2, -0.15) is 0 Å². The van der Waals surface area contributed by atoms with E-state index in [2.05, 4.69) is 22.7 Å². The Morgan fingerprint density at radius 3 is 2.60 bits per heavy atom. The summed E-state index contributed by atoms with van der Waals surface area (Å²) in [7, 11) is 1.72. The second-order valence-corrected chi connectivity index (χ2v) is 6.87. The topological polar surface area (TPSA) is 59.5 Å². The Balaban J connectivity index is 2.07. The normalized spacial score (nSPS) is 19.4. The molecule has 3 rings (SSSR count). The molecule has 0 atom stereocenters. The molecule has 130 valence electrons. The molecule has 0 amide bonds. The lowest BCUT2D eigenvalue weighted by Crippen LogP contribution is -2.44. The number of methoxy groups -OCH3 is 1. The van der Waals surface area contributed by atoms with E-state index in [-0.39, 0.29) is 23.6 Å². The van der Waals surface area contributed by atoms with Crippen molar-refractivity contribution in [1.82, 2.24) is 9.88 Å². The maximum atomic E-state index is 12.5. The molecule has 2 heterocycles. The lowest BCUT2D eigenvalue weighted by Gasteiger charge is -2.41. The summed E-state index contributed by atoms with van der Waals surface area (Å²) < 4.78 is 5.60. The maximum absolute atomic E-state index is 12.5. The fourth-order valence-corrected chi connectivity index (χ4v) is 3.41. The maximum Gasteiger partial charge on any atom is 0.178 e. The van der Waals surface area contributed by atoms with Crippen molar-refractivity contribution in [2.45, 2.75) is 38.7 Å². The van der Waals surface area contributed by atoms with Crippen molar-refractivity contribution in [2.75, 3.05) is 20.2 Å². The van der Waals surface area contributed by atoms with Crippen molar-refractivity contribution in [3.8, 4) is 12.3 Å². The van der Waals surface area contributed by atoms with Crippen LogP contribution in [0.1, 0.15) is 48.4 Å². The first-order valence-electron chi connectivity index (χ1n) is 8.44. The summed E-state index contributed by atoms with van der Waals surface area (Å²) in [6.45, 7) is 5.03. The van der Waals surface area contributed by atoms with Gasteiger partial charge in [0, 0.05) is 33.5 Å². The standard InChI is InChI=1S/C20H22N2O3/c1-5-15-17(24)12-14-6-7-16(13(2)23)21-18(14)19(15)22-10-8-20(3,25-4)9-11-22/h1,6-7H,8-12H2,2-4H3. The molecule has 0 spiro atoms. The summed E-state index contributed by atoms with van der Waals surface area (Å²) in [5.41, 5.74) is 2.77. The molecule has 1 aromatic heterocycles.